The molecule has 1 unspecified atom stereocenters. The summed E-state index contributed by atoms with van der Waals surface area (Å²) in [6, 6.07) is 7.84. The van der Waals surface area contributed by atoms with Crippen molar-refractivity contribution < 1.29 is 9.53 Å². The first-order chi connectivity index (χ1) is 11.7. The van der Waals surface area contributed by atoms with Crippen LogP contribution >= 0.6 is 11.3 Å². The normalized spacial score (nSPS) is 17.0. The maximum Gasteiger partial charge on any atom is 0.226 e. The Morgan fingerprint density at radius 3 is 2.96 bits per heavy atom. The van der Waals surface area contributed by atoms with E-state index in [4.69, 9.17) is 4.74 Å². The SMILES string of the molecule is CCOc1ccc(-c2csc(NC(=O)CCC3CCNC3)n2)cc1. The highest BCUT2D eigenvalue weighted by atomic mass is 32.1. The molecule has 1 saturated heterocycles. The van der Waals surface area contributed by atoms with Crippen molar-refractivity contribution in [1.29, 1.82) is 0 Å². The molecular weight excluding hydrogens is 322 g/mol. The summed E-state index contributed by atoms with van der Waals surface area (Å²) in [5.74, 6) is 1.53. The Labute approximate surface area is 146 Å². The van der Waals surface area contributed by atoms with E-state index < -0.39 is 0 Å². The summed E-state index contributed by atoms with van der Waals surface area (Å²) in [5.41, 5.74) is 1.89. The van der Waals surface area contributed by atoms with Crippen LogP contribution in [-0.2, 0) is 4.79 Å². The molecule has 1 aliphatic heterocycles. The number of anilines is 1. The fraction of sp³-hybridized carbons (Fsp3) is 0.444. The number of amides is 1. The van der Waals surface area contributed by atoms with E-state index in [0.717, 1.165) is 36.5 Å². The molecule has 6 heteroatoms. The molecule has 0 radical (unpaired) electrons. The third kappa shape index (κ3) is 4.55. The van der Waals surface area contributed by atoms with Crippen LogP contribution in [0.4, 0.5) is 5.13 Å². The van der Waals surface area contributed by atoms with Crippen LogP contribution in [0.1, 0.15) is 26.2 Å². The minimum Gasteiger partial charge on any atom is -0.494 e. The van der Waals surface area contributed by atoms with Gasteiger partial charge < -0.3 is 15.4 Å². The molecule has 1 aromatic heterocycles. The van der Waals surface area contributed by atoms with Crippen LogP contribution in [0, 0.1) is 5.92 Å². The van der Waals surface area contributed by atoms with Crippen LogP contribution in [-0.4, -0.2) is 30.6 Å². The first kappa shape index (κ1) is 16.9. The standard InChI is InChI=1S/C18H23N3O2S/c1-2-23-15-6-4-14(5-7-15)16-12-24-18(20-16)21-17(22)8-3-13-9-10-19-11-13/h4-7,12-13,19H,2-3,8-11H2,1H3,(H,20,21,22). The highest BCUT2D eigenvalue weighted by Gasteiger charge is 2.16. The lowest BCUT2D eigenvalue weighted by molar-refractivity contribution is -0.116. The number of carbonyl (C=O) groups excluding carboxylic acids is 1. The van der Waals surface area contributed by atoms with Gasteiger partial charge in [-0.1, -0.05) is 0 Å². The molecule has 128 valence electrons. The number of rotatable bonds is 7. The second-order valence-electron chi connectivity index (χ2n) is 5.94. The van der Waals surface area contributed by atoms with E-state index in [1.54, 1.807) is 0 Å². The zero-order valence-electron chi connectivity index (χ0n) is 13.9. The number of nitrogens with zero attached hydrogens (tertiary/aromatic N) is 1. The molecule has 5 nitrogen and oxygen atoms in total. The number of benzene rings is 1. The summed E-state index contributed by atoms with van der Waals surface area (Å²) in [4.78, 5) is 16.6. The van der Waals surface area contributed by atoms with Gasteiger partial charge in [0.2, 0.25) is 5.91 Å². The third-order valence-corrected chi connectivity index (χ3v) is 4.91. The van der Waals surface area contributed by atoms with Crippen molar-refractivity contribution in [3.05, 3.63) is 29.6 Å². The van der Waals surface area contributed by atoms with Crippen LogP contribution in [0.25, 0.3) is 11.3 Å². The minimum absolute atomic E-state index is 0.0505. The van der Waals surface area contributed by atoms with E-state index in [2.05, 4.69) is 15.6 Å². The van der Waals surface area contributed by atoms with Gasteiger partial charge in [-0.3, -0.25) is 4.79 Å². The summed E-state index contributed by atoms with van der Waals surface area (Å²) in [7, 11) is 0. The van der Waals surface area contributed by atoms with Crippen LogP contribution in [0.2, 0.25) is 0 Å². The average Bonchev–Trinajstić information content (AvgIpc) is 3.26. The first-order valence-corrected chi connectivity index (χ1v) is 9.32. The summed E-state index contributed by atoms with van der Waals surface area (Å²) < 4.78 is 5.44. The Hall–Kier alpha value is -1.92. The lowest BCUT2D eigenvalue weighted by Crippen LogP contribution is -2.14. The van der Waals surface area contributed by atoms with E-state index >= 15 is 0 Å². The Balaban J connectivity index is 1.53. The van der Waals surface area contributed by atoms with Gasteiger partial charge in [0.05, 0.1) is 12.3 Å². The van der Waals surface area contributed by atoms with Gasteiger partial charge in [0, 0.05) is 17.4 Å². The third-order valence-electron chi connectivity index (χ3n) is 4.15. The Morgan fingerprint density at radius 1 is 1.42 bits per heavy atom. The van der Waals surface area contributed by atoms with Crippen molar-refractivity contribution in [1.82, 2.24) is 10.3 Å². The number of ether oxygens (including phenoxy) is 1. The van der Waals surface area contributed by atoms with Gasteiger partial charge in [0.1, 0.15) is 5.75 Å². The molecule has 0 bridgehead atoms. The Bertz CT molecular complexity index is 663. The molecule has 0 aliphatic carbocycles. The van der Waals surface area contributed by atoms with E-state index in [1.165, 1.54) is 17.8 Å². The van der Waals surface area contributed by atoms with Gasteiger partial charge in [-0.2, -0.15) is 0 Å². The largest absolute Gasteiger partial charge is 0.494 e. The zero-order valence-corrected chi connectivity index (χ0v) is 14.7. The number of thiazole rings is 1. The second-order valence-corrected chi connectivity index (χ2v) is 6.80. The van der Waals surface area contributed by atoms with Crippen molar-refractivity contribution in [3.8, 4) is 17.0 Å². The molecule has 1 amide bonds. The fourth-order valence-corrected chi connectivity index (χ4v) is 3.57. The monoisotopic (exact) mass is 345 g/mol. The fourth-order valence-electron chi connectivity index (χ4n) is 2.83. The molecule has 1 atom stereocenters. The van der Waals surface area contributed by atoms with Gasteiger partial charge in [-0.05, 0) is 63.0 Å². The molecule has 24 heavy (non-hydrogen) atoms. The van der Waals surface area contributed by atoms with Crippen LogP contribution < -0.4 is 15.4 Å². The van der Waals surface area contributed by atoms with Crippen LogP contribution in [0.3, 0.4) is 0 Å². The van der Waals surface area contributed by atoms with Crippen LogP contribution in [0.15, 0.2) is 29.6 Å². The Morgan fingerprint density at radius 2 is 2.25 bits per heavy atom. The lowest BCUT2D eigenvalue weighted by Gasteiger charge is -2.07. The lowest BCUT2D eigenvalue weighted by atomic mass is 10.0. The molecule has 1 aromatic carbocycles. The van der Waals surface area contributed by atoms with Gasteiger partial charge in [0.25, 0.3) is 0 Å². The van der Waals surface area contributed by atoms with Gasteiger partial charge in [0.15, 0.2) is 5.13 Å². The minimum atomic E-state index is 0.0505. The molecular formula is C18H23N3O2S. The summed E-state index contributed by atoms with van der Waals surface area (Å²) >= 11 is 1.46. The van der Waals surface area contributed by atoms with Gasteiger partial charge in [-0.15, -0.1) is 11.3 Å². The predicted molar refractivity (Wildman–Crippen MR) is 97.6 cm³/mol. The van der Waals surface area contributed by atoms with Crippen molar-refractivity contribution in [3.63, 3.8) is 0 Å². The summed E-state index contributed by atoms with van der Waals surface area (Å²) in [6.45, 7) is 4.73. The van der Waals surface area contributed by atoms with Crippen molar-refractivity contribution >= 4 is 22.4 Å². The molecule has 3 rings (SSSR count). The predicted octanol–water partition coefficient (Wildman–Crippen LogP) is 3.54. The average molecular weight is 345 g/mol. The zero-order chi connectivity index (χ0) is 16.8. The molecule has 1 fully saturated rings. The first-order valence-electron chi connectivity index (χ1n) is 8.44. The molecule has 2 N–H and O–H groups in total. The van der Waals surface area contributed by atoms with E-state index in [-0.39, 0.29) is 5.91 Å². The van der Waals surface area contributed by atoms with Gasteiger partial charge in [-0.25, -0.2) is 4.98 Å². The molecule has 0 spiro atoms. The summed E-state index contributed by atoms with van der Waals surface area (Å²) in [6.07, 6.45) is 2.67. The number of nitrogens with one attached hydrogen (secondary N) is 2. The van der Waals surface area contributed by atoms with Crippen molar-refractivity contribution in [2.24, 2.45) is 5.92 Å². The maximum absolute atomic E-state index is 12.1. The molecule has 2 heterocycles. The highest BCUT2D eigenvalue weighted by Crippen LogP contribution is 2.26. The number of aromatic nitrogens is 1. The van der Waals surface area contributed by atoms with Crippen LogP contribution in [0.5, 0.6) is 5.75 Å². The topological polar surface area (TPSA) is 63.2 Å². The van der Waals surface area contributed by atoms with E-state index in [0.29, 0.717) is 24.1 Å². The number of carbonyl (C=O) groups is 1. The van der Waals surface area contributed by atoms with Crippen molar-refractivity contribution in [2.75, 3.05) is 25.0 Å². The second kappa shape index (κ2) is 8.26. The quantitative estimate of drug-likeness (QED) is 0.806. The smallest absolute Gasteiger partial charge is 0.226 e. The number of hydrogen-bond donors (Lipinski definition) is 2. The Kier molecular flexibility index (Phi) is 5.82. The van der Waals surface area contributed by atoms with Crippen molar-refractivity contribution in [2.45, 2.75) is 26.2 Å². The van der Waals surface area contributed by atoms with E-state index in [9.17, 15) is 4.79 Å². The summed E-state index contributed by atoms with van der Waals surface area (Å²) in [5, 5.41) is 8.86. The molecule has 2 aromatic rings. The van der Waals surface area contributed by atoms with Gasteiger partial charge >= 0.3 is 0 Å². The number of hydrogen-bond acceptors (Lipinski definition) is 5. The molecule has 1 aliphatic rings. The maximum atomic E-state index is 12.1. The van der Waals surface area contributed by atoms with E-state index in [1.807, 2.05) is 36.6 Å². The highest BCUT2D eigenvalue weighted by molar-refractivity contribution is 7.14. The molecule has 0 saturated carbocycles.